The van der Waals surface area contributed by atoms with Crippen molar-refractivity contribution in [2.24, 2.45) is 5.92 Å². The van der Waals surface area contributed by atoms with Crippen LogP contribution in [-0.4, -0.2) is 63.1 Å². The summed E-state index contributed by atoms with van der Waals surface area (Å²) in [6.07, 6.45) is 2.11. The molecule has 0 aromatic heterocycles. The molecule has 7 nitrogen and oxygen atoms in total. The monoisotopic (exact) mass is 452 g/mol. The van der Waals surface area contributed by atoms with E-state index in [-0.39, 0.29) is 11.8 Å². The zero-order valence-electron chi connectivity index (χ0n) is 20.0. The molecule has 33 heavy (non-hydrogen) atoms. The van der Waals surface area contributed by atoms with Crippen LogP contribution in [0.3, 0.4) is 0 Å². The smallest absolute Gasteiger partial charge is 0.254 e. The van der Waals surface area contributed by atoms with E-state index in [2.05, 4.69) is 6.92 Å². The first-order chi connectivity index (χ1) is 15.9. The number of fused-ring (bicyclic) bond motifs is 1. The molecule has 3 atom stereocenters. The van der Waals surface area contributed by atoms with E-state index in [0.717, 1.165) is 37.2 Å². The molecule has 0 spiro atoms. The zero-order chi connectivity index (χ0) is 23.7. The minimum atomic E-state index is -0.554. The predicted molar refractivity (Wildman–Crippen MR) is 125 cm³/mol. The van der Waals surface area contributed by atoms with Gasteiger partial charge in [-0.15, -0.1) is 0 Å². The number of methoxy groups -OCH3 is 3. The Bertz CT molecular complexity index is 1040. The summed E-state index contributed by atoms with van der Waals surface area (Å²) >= 11 is 0. The first-order valence-electron chi connectivity index (χ1n) is 11.3. The first-order valence-corrected chi connectivity index (χ1v) is 11.3. The normalized spacial score (nSPS) is 22.6. The number of piperidine rings is 1. The molecule has 176 valence electrons. The summed E-state index contributed by atoms with van der Waals surface area (Å²) in [5.74, 6) is 1.49. The number of likely N-dealkylation sites (tertiary alicyclic amines) is 1. The molecule has 0 radical (unpaired) electrons. The van der Waals surface area contributed by atoms with E-state index >= 15 is 0 Å². The summed E-state index contributed by atoms with van der Waals surface area (Å²) in [6, 6.07) is 10.6. The number of ether oxygens (including phenoxy) is 3. The molecule has 0 bridgehead atoms. The van der Waals surface area contributed by atoms with Crippen LogP contribution in [0.15, 0.2) is 36.4 Å². The van der Waals surface area contributed by atoms with Crippen molar-refractivity contribution in [1.82, 2.24) is 9.80 Å². The minimum absolute atomic E-state index is 0.0372. The SMILES string of the molecule is COc1ccc([C@H]2[C@H](C(=O)N3CCC[C@@H](C)C3)c3cc(OC)c(OC)cc3C(=O)N2C)cc1. The molecule has 0 aliphatic carbocycles. The summed E-state index contributed by atoms with van der Waals surface area (Å²) in [5.41, 5.74) is 2.04. The number of nitrogens with zero attached hydrogens (tertiary/aromatic N) is 2. The van der Waals surface area contributed by atoms with Crippen LogP contribution in [0.2, 0.25) is 0 Å². The fourth-order valence-electron chi connectivity index (χ4n) is 5.12. The van der Waals surface area contributed by atoms with Crippen molar-refractivity contribution in [3.8, 4) is 17.2 Å². The van der Waals surface area contributed by atoms with Crippen LogP contribution < -0.4 is 14.2 Å². The Morgan fingerprint density at radius 3 is 2.27 bits per heavy atom. The predicted octanol–water partition coefficient (Wildman–Crippen LogP) is 3.88. The third-order valence-electron chi connectivity index (χ3n) is 6.87. The fourth-order valence-corrected chi connectivity index (χ4v) is 5.12. The average Bonchev–Trinajstić information content (AvgIpc) is 2.85. The van der Waals surface area contributed by atoms with Crippen LogP contribution in [0.4, 0.5) is 0 Å². The Labute approximate surface area is 195 Å². The number of rotatable bonds is 5. The molecule has 2 heterocycles. The molecule has 0 unspecified atom stereocenters. The van der Waals surface area contributed by atoms with Crippen LogP contribution in [0.1, 0.15) is 53.2 Å². The highest BCUT2D eigenvalue weighted by Crippen LogP contribution is 2.46. The van der Waals surface area contributed by atoms with Crippen molar-refractivity contribution in [3.63, 3.8) is 0 Å². The standard InChI is InChI=1S/C26H32N2O5/c1-16-7-6-12-28(15-16)26(30)23-19-13-21(32-4)22(33-5)14-20(19)25(29)27(2)24(23)17-8-10-18(31-3)11-9-17/h8-11,13-14,16,23-24H,6-7,12,15H2,1-5H3/t16-,23-,24+/m1/s1. The van der Waals surface area contributed by atoms with E-state index in [1.54, 1.807) is 45.4 Å². The van der Waals surface area contributed by atoms with Gasteiger partial charge in [0.05, 0.1) is 33.3 Å². The lowest BCUT2D eigenvalue weighted by molar-refractivity contribution is -0.136. The van der Waals surface area contributed by atoms with Crippen molar-refractivity contribution in [2.45, 2.75) is 31.7 Å². The third kappa shape index (κ3) is 4.12. The lowest BCUT2D eigenvalue weighted by Crippen LogP contribution is -2.49. The van der Waals surface area contributed by atoms with Crippen molar-refractivity contribution in [1.29, 1.82) is 0 Å². The molecule has 0 N–H and O–H groups in total. The van der Waals surface area contributed by atoms with Gasteiger partial charge in [0.2, 0.25) is 5.91 Å². The van der Waals surface area contributed by atoms with Crippen LogP contribution in [-0.2, 0) is 4.79 Å². The first kappa shape index (κ1) is 23.0. The third-order valence-corrected chi connectivity index (χ3v) is 6.87. The zero-order valence-corrected chi connectivity index (χ0v) is 20.0. The molecular weight excluding hydrogens is 420 g/mol. The van der Waals surface area contributed by atoms with Gasteiger partial charge in [-0.1, -0.05) is 19.1 Å². The number of hydrogen-bond acceptors (Lipinski definition) is 5. The van der Waals surface area contributed by atoms with E-state index in [9.17, 15) is 9.59 Å². The molecule has 2 aliphatic heterocycles. The molecule has 2 amide bonds. The average molecular weight is 453 g/mol. The molecule has 0 saturated carbocycles. The number of amides is 2. The van der Waals surface area contributed by atoms with Gasteiger partial charge < -0.3 is 24.0 Å². The van der Waals surface area contributed by atoms with Gasteiger partial charge in [0, 0.05) is 25.7 Å². The minimum Gasteiger partial charge on any atom is -0.497 e. The van der Waals surface area contributed by atoms with Gasteiger partial charge in [-0.05, 0) is 54.2 Å². The highest BCUT2D eigenvalue weighted by atomic mass is 16.5. The maximum absolute atomic E-state index is 14.1. The van der Waals surface area contributed by atoms with Gasteiger partial charge in [-0.3, -0.25) is 9.59 Å². The summed E-state index contributed by atoms with van der Waals surface area (Å²) in [7, 11) is 6.48. The quantitative estimate of drug-likeness (QED) is 0.689. The van der Waals surface area contributed by atoms with Crippen molar-refractivity contribution >= 4 is 11.8 Å². The second-order valence-corrected chi connectivity index (χ2v) is 8.94. The van der Waals surface area contributed by atoms with Gasteiger partial charge in [-0.25, -0.2) is 0 Å². The Morgan fingerprint density at radius 1 is 1.00 bits per heavy atom. The van der Waals surface area contributed by atoms with Gasteiger partial charge in [-0.2, -0.15) is 0 Å². The molecule has 2 aromatic carbocycles. The van der Waals surface area contributed by atoms with E-state index < -0.39 is 12.0 Å². The number of benzene rings is 2. The summed E-state index contributed by atoms with van der Waals surface area (Å²) in [6.45, 7) is 3.64. The Morgan fingerprint density at radius 2 is 1.67 bits per heavy atom. The summed E-state index contributed by atoms with van der Waals surface area (Å²) < 4.78 is 16.3. The van der Waals surface area contributed by atoms with E-state index in [0.29, 0.717) is 28.5 Å². The number of carbonyl (C=O) groups excluding carboxylic acids is 2. The van der Waals surface area contributed by atoms with Crippen LogP contribution in [0.25, 0.3) is 0 Å². The van der Waals surface area contributed by atoms with Crippen LogP contribution >= 0.6 is 0 Å². The largest absolute Gasteiger partial charge is 0.497 e. The van der Waals surface area contributed by atoms with Crippen molar-refractivity contribution in [2.75, 3.05) is 41.5 Å². The molecule has 1 saturated heterocycles. The second-order valence-electron chi connectivity index (χ2n) is 8.94. The van der Waals surface area contributed by atoms with E-state index in [1.807, 2.05) is 29.2 Å². The molecule has 7 heteroatoms. The topological polar surface area (TPSA) is 68.3 Å². The second kappa shape index (κ2) is 9.33. The summed E-state index contributed by atoms with van der Waals surface area (Å²) in [5, 5.41) is 0. The van der Waals surface area contributed by atoms with E-state index in [1.165, 1.54) is 0 Å². The number of hydrogen-bond donors (Lipinski definition) is 0. The molecule has 2 aliphatic rings. The van der Waals surface area contributed by atoms with Gasteiger partial charge in [0.1, 0.15) is 5.75 Å². The Balaban J connectivity index is 1.87. The lowest BCUT2D eigenvalue weighted by Gasteiger charge is -2.43. The van der Waals surface area contributed by atoms with E-state index in [4.69, 9.17) is 14.2 Å². The van der Waals surface area contributed by atoms with Crippen molar-refractivity contribution in [3.05, 3.63) is 53.1 Å². The fraction of sp³-hybridized carbons (Fsp3) is 0.462. The van der Waals surface area contributed by atoms with Gasteiger partial charge in [0.25, 0.3) is 5.91 Å². The summed E-state index contributed by atoms with van der Waals surface area (Å²) in [4.78, 5) is 31.2. The number of likely N-dealkylation sites (N-methyl/N-ethyl adjacent to an activating group) is 1. The van der Waals surface area contributed by atoms with Gasteiger partial charge in [0.15, 0.2) is 11.5 Å². The maximum Gasteiger partial charge on any atom is 0.254 e. The highest BCUT2D eigenvalue weighted by Gasteiger charge is 2.45. The Hall–Kier alpha value is -3.22. The molecule has 1 fully saturated rings. The highest BCUT2D eigenvalue weighted by molar-refractivity contribution is 6.02. The Kier molecular flexibility index (Phi) is 6.49. The maximum atomic E-state index is 14.1. The molecular formula is C26H32N2O5. The van der Waals surface area contributed by atoms with Crippen molar-refractivity contribution < 1.29 is 23.8 Å². The molecule has 4 rings (SSSR count). The lowest BCUT2D eigenvalue weighted by atomic mass is 9.78. The number of carbonyl (C=O) groups is 2. The van der Waals surface area contributed by atoms with Crippen LogP contribution in [0, 0.1) is 5.92 Å². The van der Waals surface area contributed by atoms with Crippen LogP contribution in [0.5, 0.6) is 17.2 Å². The van der Waals surface area contributed by atoms with Gasteiger partial charge >= 0.3 is 0 Å². The molecule has 2 aromatic rings.